The summed E-state index contributed by atoms with van der Waals surface area (Å²) in [6.45, 7) is -5.26. The third-order valence-electron chi connectivity index (χ3n) is 1.23. The third-order valence-corrected chi connectivity index (χ3v) is 1.60. The van der Waals surface area contributed by atoms with Crippen LogP contribution in [0.25, 0.3) is 0 Å². The molecule has 12 heavy (non-hydrogen) atoms. The fraction of sp³-hybridized carbons (Fsp3) is 0. The fourth-order valence-electron chi connectivity index (χ4n) is 0.685. The van der Waals surface area contributed by atoms with E-state index in [1.807, 2.05) is 0 Å². The van der Waals surface area contributed by atoms with Crippen molar-refractivity contribution in [3.8, 4) is 0 Å². The highest BCUT2D eigenvalue weighted by Crippen LogP contribution is 2.16. The lowest BCUT2D eigenvalue weighted by Gasteiger charge is -2.15. The van der Waals surface area contributed by atoms with Gasteiger partial charge in [0.15, 0.2) is 0 Å². The van der Waals surface area contributed by atoms with Gasteiger partial charge in [-0.2, -0.15) is 4.39 Å². The number of hydrogen-bond donors (Lipinski definition) is 0. The average molecular weight is 198 g/mol. The van der Waals surface area contributed by atoms with E-state index >= 15 is 0 Å². The molecule has 0 aliphatic rings. The lowest BCUT2D eigenvalue weighted by molar-refractivity contribution is 0.499. The molecule has 1 heterocycles. The van der Waals surface area contributed by atoms with Crippen LogP contribution in [0.2, 0.25) is 5.02 Å². The lowest BCUT2D eigenvalue weighted by Crippen LogP contribution is -2.35. The van der Waals surface area contributed by atoms with Crippen LogP contribution in [0, 0.1) is 5.95 Å². The minimum atomic E-state index is -5.26. The first-order chi connectivity index (χ1) is 5.43. The van der Waals surface area contributed by atoms with E-state index in [1.165, 1.54) is 0 Å². The summed E-state index contributed by atoms with van der Waals surface area (Å²) in [5, 5.41) is -0.968. The van der Waals surface area contributed by atoms with Crippen LogP contribution >= 0.6 is 11.6 Å². The molecule has 0 aromatic carbocycles. The molecular weight excluding hydrogens is 196 g/mol. The summed E-state index contributed by atoms with van der Waals surface area (Å²) in [4.78, 5) is 2.96. The number of aromatic nitrogens is 1. The van der Waals surface area contributed by atoms with E-state index in [1.54, 1.807) is 0 Å². The molecule has 0 bridgehead atoms. The number of pyridine rings is 1. The molecule has 1 nitrogen and oxygen atoms in total. The molecule has 1 aromatic rings. The van der Waals surface area contributed by atoms with Crippen molar-refractivity contribution in [2.24, 2.45) is 0 Å². The highest BCUT2D eigenvalue weighted by atomic mass is 35.5. The van der Waals surface area contributed by atoms with Gasteiger partial charge in [0.25, 0.3) is 0 Å². The van der Waals surface area contributed by atoms with E-state index in [0.717, 1.165) is 6.20 Å². The maximum atomic E-state index is 12.4. The molecule has 0 spiro atoms. The molecule has 0 aliphatic carbocycles. The Labute approximate surface area is 70.4 Å². The summed E-state index contributed by atoms with van der Waals surface area (Å²) >= 11 is 5.04. The molecule has 7 heteroatoms. The van der Waals surface area contributed by atoms with Gasteiger partial charge in [-0.1, -0.05) is 23.1 Å². The molecule has 0 radical (unpaired) electrons. The molecule has 0 N–H and O–H groups in total. The Morgan fingerprint density at radius 3 is 2.33 bits per heavy atom. The molecule has 0 atom stereocenters. The topological polar surface area (TPSA) is 12.9 Å². The Bertz CT molecular complexity index is 300. The summed E-state index contributed by atoms with van der Waals surface area (Å²) in [6, 6.07) is 0.644. The van der Waals surface area contributed by atoms with Gasteiger partial charge >= 0.3 is 6.98 Å². The predicted molar refractivity (Wildman–Crippen MR) is 37.9 cm³/mol. The largest absolute Gasteiger partial charge is 0.511 e. The smallest absolute Gasteiger partial charge is 0.445 e. The second-order valence-electron chi connectivity index (χ2n) is 2.08. The van der Waals surface area contributed by atoms with Gasteiger partial charge in [0.2, 0.25) is 5.95 Å². The molecule has 0 fully saturated rings. The van der Waals surface area contributed by atoms with E-state index in [0.29, 0.717) is 6.07 Å². The maximum absolute atomic E-state index is 12.4. The van der Waals surface area contributed by atoms with E-state index in [4.69, 9.17) is 11.6 Å². The Balaban J connectivity index is 3.26. The third kappa shape index (κ3) is 1.69. The fourth-order valence-corrected chi connectivity index (χ4v) is 0.920. The molecular formula is C5H2BClF4N-. The highest BCUT2D eigenvalue weighted by Gasteiger charge is 2.29. The Hall–Kier alpha value is -0.775. The molecule has 0 saturated heterocycles. The molecule has 1 aromatic heterocycles. The number of hydrogen-bond acceptors (Lipinski definition) is 1. The Morgan fingerprint density at radius 2 is 1.92 bits per heavy atom. The van der Waals surface area contributed by atoms with Crippen molar-refractivity contribution >= 4 is 24.0 Å². The second kappa shape index (κ2) is 2.93. The van der Waals surface area contributed by atoms with Crippen LogP contribution in [0.3, 0.4) is 0 Å². The highest BCUT2D eigenvalue weighted by molar-refractivity contribution is 6.75. The summed E-state index contributed by atoms with van der Waals surface area (Å²) in [5.41, 5.74) is -1.15. The predicted octanol–water partition coefficient (Wildman–Crippen LogP) is 1.93. The van der Waals surface area contributed by atoms with Crippen molar-refractivity contribution in [2.45, 2.75) is 0 Å². The van der Waals surface area contributed by atoms with Crippen molar-refractivity contribution in [3.05, 3.63) is 23.2 Å². The van der Waals surface area contributed by atoms with E-state index in [-0.39, 0.29) is 0 Å². The quantitative estimate of drug-likeness (QED) is 0.382. The van der Waals surface area contributed by atoms with Crippen LogP contribution in [0.1, 0.15) is 0 Å². The molecule has 0 unspecified atom stereocenters. The summed E-state index contributed by atoms with van der Waals surface area (Å²) in [7, 11) is 0. The van der Waals surface area contributed by atoms with Crippen molar-refractivity contribution in [1.82, 2.24) is 4.98 Å². The van der Waals surface area contributed by atoms with Crippen molar-refractivity contribution in [1.29, 1.82) is 0 Å². The van der Waals surface area contributed by atoms with Gasteiger partial charge < -0.3 is 12.9 Å². The Morgan fingerprint density at radius 1 is 1.33 bits per heavy atom. The van der Waals surface area contributed by atoms with E-state index in [2.05, 4.69) is 4.98 Å². The van der Waals surface area contributed by atoms with Crippen molar-refractivity contribution in [3.63, 3.8) is 0 Å². The minimum Gasteiger partial charge on any atom is -0.445 e. The Kier molecular flexibility index (Phi) is 2.28. The molecule has 0 saturated carbocycles. The summed E-state index contributed by atoms with van der Waals surface area (Å²) in [5.74, 6) is -1.30. The summed E-state index contributed by atoms with van der Waals surface area (Å²) in [6.07, 6.45) is 0.728. The number of rotatable bonds is 1. The van der Waals surface area contributed by atoms with Gasteiger partial charge in [0.1, 0.15) is 0 Å². The van der Waals surface area contributed by atoms with Gasteiger partial charge in [-0.05, 0) is 0 Å². The van der Waals surface area contributed by atoms with Crippen molar-refractivity contribution in [2.75, 3.05) is 0 Å². The van der Waals surface area contributed by atoms with Gasteiger partial charge in [-0.3, -0.25) is 0 Å². The molecule has 1 rings (SSSR count). The normalized spacial score (nSPS) is 11.8. The van der Waals surface area contributed by atoms with Gasteiger partial charge in [0.05, 0.1) is 5.02 Å². The standard InChI is InChI=1S/C5H2BClF4N/c7-4-3(6(9,10)11)1-2-12-5(4)8/h1-2H/q-1. The number of halogens is 5. The molecule has 0 amide bonds. The lowest BCUT2D eigenvalue weighted by atomic mass is 9.81. The maximum Gasteiger partial charge on any atom is 0.511 e. The molecule has 66 valence electrons. The van der Waals surface area contributed by atoms with Crippen LogP contribution in [0.4, 0.5) is 17.3 Å². The van der Waals surface area contributed by atoms with Gasteiger partial charge in [0, 0.05) is 6.20 Å². The van der Waals surface area contributed by atoms with Crippen LogP contribution in [0.15, 0.2) is 12.3 Å². The average Bonchev–Trinajstić information content (AvgIpc) is 1.92. The van der Waals surface area contributed by atoms with E-state index < -0.39 is 23.4 Å². The van der Waals surface area contributed by atoms with Crippen LogP contribution in [0.5, 0.6) is 0 Å². The SMILES string of the molecule is Fc1nccc([B-](F)(F)F)c1Cl. The molecule has 0 aliphatic heterocycles. The zero-order chi connectivity index (χ0) is 9.35. The van der Waals surface area contributed by atoms with Crippen LogP contribution in [-0.4, -0.2) is 12.0 Å². The van der Waals surface area contributed by atoms with Gasteiger partial charge in [-0.25, -0.2) is 4.98 Å². The van der Waals surface area contributed by atoms with Crippen LogP contribution in [-0.2, 0) is 0 Å². The first kappa shape index (κ1) is 9.31. The zero-order valence-electron chi connectivity index (χ0n) is 5.57. The first-order valence-corrected chi connectivity index (χ1v) is 3.30. The monoisotopic (exact) mass is 198 g/mol. The minimum absolute atomic E-state index is 0.644. The second-order valence-corrected chi connectivity index (χ2v) is 2.46. The van der Waals surface area contributed by atoms with Crippen LogP contribution < -0.4 is 5.46 Å². The number of nitrogens with zero attached hydrogens (tertiary/aromatic N) is 1. The zero-order valence-corrected chi connectivity index (χ0v) is 6.33. The van der Waals surface area contributed by atoms with Gasteiger partial charge in [-0.15, -0.1) is 0 Å². The van der Waals surface area contributed by atoms with Crippen molar-refractivity contribution < 1.29 is 17.3 Å². The first-order valence-electron chi connectivity index (χ1n) is 2.93. The summed E-state index contributed by atoms with van der Waals surface area (Å²) < 4.78 is 48.4. The van der Waals surface area contributed by atoms with E-state index in [9.17, 15) is 17.3 Å².